The third-order valence-corrected chi connectivity index (χ3v) is 6.17. The third kappa shape index (κ3) is 5.66. The highest BCUT2D eigenvalue weighted by molar-refractivity contribution is 6.42. The first-order chi connectivity index (χ1) is 16.2. The topological polar surface area (TPSA) is 48.1 Å². The number of halogens is 5. The largest absolute Gasteiger partial charge is 0.416 e. The van der Waals surface area contributed by atoms with Crippen LogP contribution in [0.15, 0.2) is 72.9 Å². The van der Waals surface area contributed by atoms with Crippen LogP contribution in [-0.2, 0) is 19.1 Å². The number of nitrogens with one attached hydrogen (secondary N) is 2. The molecule has 0 unspecified atom stereocenters. The van der Waals surface area contributed by atoms with Crippen molar-refractivity contribution in [3.05, 3.63) is 99.7 Å². The summed E-state index contributed by atoms with van der Waals surface area (Å²) in [5, 5.41) is 4.54. The molecule has 4 nitrogen and oxygen atoms in total. The molecule has 0 atom stereocenters. The molecule has 4 aromatic rings. The second-order valence-electron chi connectivity index (χ2n) is 7.78. The molecular weight excluding hydrogens is 486 g/mol. The van der Waals surface area contributed by atoms with E-state index in [1.807, 2.05) is 30.5 Å². The van der Waals surface area contributed by atoms with Crippen molar-refractivity contribution in [1.29, 1.82) is 0 Å². The minimum Gasteiger partial charge on any atom is -0.361 e. The van der Waals surface area contributed by atoms with Crippen LogP contribution in [0.4, 0.5) is 23.7 Å². The standard InChI is InChI=1S/C25H20Cl2F3N3O/c26-21-10-5-16(13-22(21)27)15-33(12-11-17-14-31-23-4-2-1-3-20(17)23)24(34)32-19-8-6-18(7-9-19)25(28,29)30/h1-10,13-14,31H,11-12,15H2,(H,32,34). The quantitative estimate of drug-likeness (QED) is 0.276. The first-order valence-electron chi connectivity index (χ1n) is 10.4. The summed E-state index contributed by atoms with van der Waals surface area (Å²) in [6.07, 6.45) is -1.96. The van der Waals surface area contributed by atoms with E-state index in [0.717, 1.165) is 34.2 Å². The fourth-order valence-corrected chi connectivity index (χ4v) is 3.97. The van der Waals surface area contributed by atoms with Crippen LogP contribution < -0.4 is 5.32 Å². The van der Waals surface area contributed by atoms with Crippen molar-refractivity contribution in [3.8, 4) is 0 Å². The van der Waals surface area contributed by atoms with E-state index >= 15 is 0 Å². The summed E-state index contributed by atoms with van der Waals surface area (Å²) in [5.74, 6) is 0. The number of nitrogens with zero attached hydrogens (tertiary/aromatic N) is 1. The average molecular weight is 506 g/mol. The minimum atomic E-state index is -4.44. The second-order valence-corrected chi connectivity index (χ2v) is 8.60. The van der Waals surface area contributed by atoms with Gasteiger partial charge in [-0.15, -0.1) is 0 Å². The van der Waals surface area contributed by atoms with E-state index in [1.165, 1.54) is 12.1 Å². The fraction of sp³-hybridized carbons (Fsp3) is 0.160. The van der Waals surface area contributed by atoms with Gasteiger partial charge in [-0.1, -0.05) is 47.5 Å². The number of amides is 2. The number of hydrogen-bond donors (Lipinski definition) is 2. The van der Waals surface area contributed by atoms with Crippen molar-refractivity contribution in [1.82, 2.24) is 9.88 Å². The zero-order valence-corrected chi connectivity index (χ0v) is 19.3. The number of benzene rings is 3. The molecule has 2 N–H and O–H groups in total. The smallest absolute Gasteiger partial charge is 0.361 e. The van der Waals surface area contributed by atoms with Gasteiger partial charge in [-0.2, -0.15) is 13.2 Å². The molecule has 3 aromatic carbocycles. The summed E-state index contributed by atoms with van der Waals surface area (Å²) in [6.45, 7) is 0.611. The fourth-order valence-electron chi connectivity index (χ4n) is 3.65. The maximum atomic E-state index is 13.1. The molecular formula is C25H20Cl2F3N3O. The van der Waals surface area contributed by atoms with Crippen molar-refractivity contribution >= 4 is 45.8 Å². The lowest BCUT2D eigenvalue weighted by molar-refractivity contribution is -0.137. The van der Waals surface area contributed by atoms with Gasteiger partial charge in [0.1, 0.15) is 0 Å². The number of urea groups is 1. The van der Waals surface area contributed by atoms with Gasteiger partial charge in [0, 0.05) is 35.9 Å². The summed E-state index contributed by atoms with van der Waals surface area (Å²) in [6, 6.07) is 16.9. The predicted molar refractivity (Wildman–Crippen MR) is 129 cm³/mol. The van der Waals surface area contributed by atoms with Crippen molar-refractivity contribution in [2.45, 2.75) is 19.1 Å². The Morgan fingerprint density at radius 1 is 0.971 bits per heavy atom. The summed E-state index contributed by atoms with van der Waals surface area (Å²) in [7, 11) is 0. The number of carbonyl (C=O) groups is 1. The zero-order chi connectivity index (χ0) is 24.3. The van der Waals surface area contributed by atoms with E-state index in [9.17, 15) is 18.0 Å². The summed E-state index contributed by atoms with van der Waals surface area (Å²) in [5.41, 5.74) is 2.32. The van der Waals surface area contributed by atoms with E-state index in [1.54, 1.807) is 23.1 Å². The van der Waals surface area contributed by atoms with Gasteiger partial charge in [-0.05, 0) is 60.0 Å². The van der Waals surface area contributed by atoms with Crippen LogP contribution in [0.1, 0.15) is 16.7 Å². The molecule has 0 aliphatic heterocycles. The molecule has 0 saturated heterocycles. The number of carbonyl (C=O) groups excluding carboxylic acids is 1. The molecule has 0 radical (unpaired) electrons. The van der Waals surface area contributed by atoms with Crippen molar-refractivity contribution in [2.24, 2.45) is 0 Å². The van der Waals surface area contributed by atoms with Crippen molar-refractivity contribution in [3.63, 3.8) is 0 Å². The Hall–Kier alpha value is -3.16. The van der Waals surface area contributed by atoms with E-state index in [2.05, 4.69) is 10.3 Å². The molecule has 0 aliphatic carbocycles. The number of rotatable bonds is 6. The number of alkyl halides is 3. The summed E-state index contributed by atoms with van der Waals surface area (Å²) in [4.78, 5) is 17.9. The number of hydrogen-bond acceptors (Lipinski definition) is 1. The van der Waals surface area contributed by atoms with Crippen LogP contribution >= 0.6 is 23.2 Å². The lowest BCUT2D eigenvalue weighted by atomic mass is 10.1. The number of anilines is 1. The molecule has 2 amide bonds. The van der Waals surface area contributed by atoms with E-state index < -0.39 is 17.8 Å². The molecule has 176 valence electrons. The molecule has 0 aliphatic rings. The van der Waals surface area contributed by atoms with Crippen LogP contribution in [0.3, 0.4) is 0 Å². The third-order valence-electron chi connectivity index (χ3n) is 5.43. The Kier molecular flexibility index (Phi) is 7.05. The minimum absolute atomic E-state index is 0.242. The van der Waals surface area contributed by atoms with Gasteiger partial charge in [-0.3, -0.25) is 0 Å². The molecule has 0 bridgehead atoms. The van der Waals surface area contributed by atoms with Gasteiger partial charge < -0.3 is 15.2 Å². The Bertz CT molecular complexity index is 1300. The number of para-hydroxylation sites is 1. The molecule has 0 saturated carbocycles. The number of fused-ring (bicyclic) bond motifs is 1. The van der Waals surface area contributed by atoms with Crippen molar-refractivity contribution < 1.29 is 18.0 Å². The molecule has 1 heterocycles. The highest BCUT2D eigenvalue weighted by atomic mass is 35.5. The van der Waals surface area contributed by atoms with Gasteiger partial charge in [0.05, 0.1) is 15.6 Å². The Morgan fingerprint density at radius 3 is 2.41 bits per heavy atom. The highest BCUT2D eigenvalue weighted by Gasteiger charge is 2.30. The van der Waals surface area contributed by atoms with Gasteiger partial charge in [0.2, 0.25) is 0 Å². The normalized spacial score (nSPS) is 11.6. The maximum absolute atomic E-state index is 13.1. The molecule has 1 aromatic heterocycles. The number of H-pyrrole nitrogens is 1. The monoisotopic (exact) mass is 505 g/mol. The predicted octanol–water partition coefficient (Wildman–Crippen LogP) is 7.77. The van der Waals surface area contributed by atoms with Crippen molar-refractivity contribution in [2.75, 3.05) is 11.9 Å². The van der Waals surface area contributed by atoms with E-state index in [-0.39, 0.29) is 12.2 Å². The molecule has 0 fully saturated rings. The van der Waals surface area contributed by atoms with E-state index in [4.69, 9.17) is 23.2 Å². The first kappa shape index (κ1) is 24.0. The van der Waals surface area contributed by atoms with Gasteiger partial charge in [-0.25, -0.2) is 4.79 Å². The first-order valence-corrected chi connectivity index (χ1v) is 11.2. The maximum Gasteiger partial charge on any atom is 0.416 e. The van der Waals surface area contributed by atoms with E-state index in [0.29, 0.717) is 23.0 Å². The molecule has 0 spiro atoms. The average Bonchev–Trinajstić information content (AvgIpc) is 3.22. The van der Waals surface area contributed by atoms with Gasteiger partial charge in [0.15, 0.2) is 0 Å². The Balaban J connectivity index is 1.53. The van der Waals surface area contributed by atoms with Crippen LogP contribution in [0, 0.1) is 0 Å². The Labute approximate surface area is 204 Å². The van der Waals surface area contributed by atoms with Gasteiger partial charge >= 0.3 is 12.2 Å². The van der Waals surface area contributed by atoms with Crippen LogP contribution in [0.5, 0.6) is 0 Å². The van der Waals surface area contributed by atoms with Crippen LogP contribution in [0.2, 0.25) is 10.0 Å². The van der Waals surface area contributed by atoms with Gasteiger partial charge in [0.25, 0.3) is 0 Å². The SMILES string of the molecule is O=C(Nc1ccc(C(F)(F)F)cc1)N(CCc1c[nH]c2ccccc12)Cc1ccc(Cl)c(Cl)c1. The lowest BCUT2D eigenvalue weighted by Crippen LogP contribution is -2.36. The second kappa shape index (κ2) is 9.99. The molecule has 9 heteroatoms. The zero-order valence-electron chi connectivity index (χ0n) is 17.8. The summed E-state index contributed by atoms with van der Waals surface area (Å²) >= 11 is 12.1. The number of aromatic amines is 1. The highest BCUT2D eigenvalue weighted by Crippen LogP contribution is 2.30. The lowest BCUT2D eigenvalue weighted by Gasteiger charge is -2.24. The Morgan fingerprint density at radius 2 is 1.71 bits per heavy atom. The van der Waals surface area contributed by atoms with Crippen LogP contribution in [0.25, 0.3) is 10.9 Å². The molecule has 4 rings (SSSR count). The summed E-state index contributed by atoms with van der Waals surface area (Å²) < 4.78 is 38.5. The van der Waals surface area contributed by atoms with Crippen LogP contribution in [-0.4, -0.2) is 22.5 Å². The molecule has 34 heavy (non-hydrogen) atoms. The number of aromatic nitrogens is 1.